The Hall–Kier alpha value is -1.58. The number of hydrogen-bond acceptors (Lipinski definition) is 4. The lowest BCUT2D eigenvalue weighted by molar-refractivity contribution is 0.310. The van der Waals surface area contributed by atoms with Gasteiger partial charge in [0, 0.05) is 24.7 Å². The van der Waals surface area contributed by atoms with Crippen LogP contribution in [0.15, 0.2) is 29.2 Å². The van der Waals surface area contributed by atoms with E-state index in [2.05, 4.69) is 6.07 Å². The number of nitrogens with two attached hydrogens (primary N) is 1. The molecule has 0 amide bonds. The van der Waals surface area contributed by atoms with Crippen LogP contribution in [-0.2, 0) is 10.0 Å². The maximum absolute atomic E-state index is 12.3. The fraction of sp³-hybridized carbons (Fsp3) is 0.417. The van der Waals surface area contributed by atoms with Crippen molar-refractivity contribution in [1.82, 2.24) is 4.31 Å². The number of rotatable bonds is 2. The molecule has 1 aromatic carbocycles. The third-order valence-electron chi connectivity index (χ3n) is 3.15. The van der Waals surface area contributed by atoms with Gasteiger partial charge in [-0.1, -0.05) is 0 Å². The minimum absolute atomic E-state index is 0.0251. The molecule has 1 fully saturated rings. The molecule has 0 aliphatic carbocycles. The molecule has 0 aromatic heterocycles. The molecule has 1 aliphatic rings. The molecule has 18 heavy (non-hydrogen) atoms. The molecule has 6 heteroatoms. The summed E-state index contributed by atoms with van der Waals surface area (Å²) in [6.45, 7) is 0.815. The molecule has 0 atom stereocenters. The van der Waals surface area contributed by atoms with Gasteiger partial charge in [-0.05, 0) is 37.1 Å². The topological polar surface area (TPSA) is 87.2 Å². The Bertz CT molecular complexity index is 552. The minimum atomic E-state index is -3.44. The van der Waals surface area contributed by atoms with Gasteiger partial charge in [-0.15, -0.1) is 0 Å². The van der Waals surface area contributed by atoms with Gasteiger partial charge in [-0.25, -0.2) is 8.42 Å². The summed E-state index contributed by atoms with van der Waals surface area (Å²) in [7, 11) is -3.44. The molecule has 0 saturated carbocycles. The van der Waals surface area contributed by atoms with Gasteiger partial charge >= 0.3 is 0 Å². The largest absolute Gasteiger partial charge is 0.399 e. The first-order chi connectivity index (χ1) is 8.54. The molecule has 0 bridgehead atoms. The number of nitrogens with zero attached hydrogens (tertiary/aromatic N) is 2. The lowest BCUT2D eigenvalue weighted by Crippen LogP contribution is -2.38. The van der Waals surface area contributed by atoms with E-state index in [0.29, 0.717) is 31.6 Å². The zero-order valence-electron chi connectivity index (χ0n) is 9.91. The highest BCUT2D eigenvalue weighted by molar-refractivity contribution is 7.89. The number of benzene rings is 1. The molecule has 2 rings (SSSR count). The predicted octanol–water partition coefficient (Wildman–Crippen LogP) is 1.19. The highest BCUT2D eigenvalue weighted by Crippen LogP contribution is 2.23. The smallest absolute Gasteiger partial charge is 0.243 e. The lowest BCUT2D eigenvalue weighted by atomic mass is 10.0. The summed E-state index contributed by atoms with van der Waals surface area (Å²) in [6.07, 6.45) is 1.20. The molecule has 1 aromatic rings. The standard InChI is InChI=1S/C12H15N3O2S/c13-9-10-5-7-15(8-6-10)18(16,17)12-3-1-11(14)2-4-12/h1-4,10H,5-8,14H2. The fourth-order valence-electron chi connectivity index (χ4n) is 2.01. The van der Waals surface area contributed by atoms with Gasteiger partial charge in [0.15, 0.2) is 0 Å². The van der Waals surface area contributed by atoms with Gasteiger partial charge in [-0.3, -0.25) is 0 Å². The summed E-state index contributed by atoms with van der Waals surface area (Å²) >= 11 is 0. The van der Waals surface area contributed by atoms with Crippen molar-refractivity contribution < 1.29 is 8.42 Å². The number of hydrogen-bond donors (Lipinski definition) is 1. The molecule has 0 radical (unpaired) electrons. The third kappa shape index (κ3) is 2.47. The van der Waals surface area contributed by atoms with E-state index in [4.69, 9.17) is 11.0 Å². The zero-order chi connectivity index (χ0) is 13.2. The van der Waals surface area contributed by atoms with Crippen LogP contribution in [0.4, 0.5) is 5.69 Å². The Morgan fingerprint density at radius 1 is 1.22 bits per heavy atom. The van der Waals surface area contributed by atoms with Gasteiger partial charge < -0.3 is 5.73 Å². The quantitative estimate of drug-likeness (QED) is 0.814. The van der Waals surface area contributed by atoms with E-state index in [-0.39, 0.29) is 10.8 Å². The maximum Gasteiger partial charge on any atom is 0.243 e. The van der Waals surface area contributed by atoms with E-state index in [1.165, 1.54) is 16.4 Å². The average Bonchev–Trinajstić information content (AvgIpc) is 2.39. The van der Waals surface area contributed by atoms with Gasteiger partial charge in [0.1, 0.15) is 0 Å². The molecule has 0 spiro atoms. The molecule has 1 heterocycles. The Labute approximate surface area is 107 Å². The third-order valence-corrected chi connectivity index (χ3v) is 5.07. The fourth-order valence-corrected chi connectivity index (χ4v) is 3.48. The molecule has 0 unspecified atom stereocenters. The summed E-state index contributed by atoms with van der Waals surface area (Å²) in [5, 5.41) is 8.80. The van der Waals surface area contributed by atoms with Crippen LogP contribution < -0.4 is 5.73 Å². The van der Waals surface area contributed by atoms with Crippen LogP contribution in [-0.4, -0.2) is 25.8 Å². The van der Waals surface area contributed by atoms with Gasteiger partial charge in [-0.2, -0.15) is 9.57 Å². The minimum Gasteiger partial charge on any atom is -0.399 e. The Morgan fingerprint density at radius 3 is 2.28 bits per heavy atom. The second kappa shape index (κ2) is 4.96. The molecule has 1 aliphatic heterocycles. The van der Waals surface area contributed by atoms with Crippen LogP contribution in [0.3, 0.4) is 0 Å². The summed E-state index contributed by atoms with van der Waals surface area (Å²) in [6, 6.07) is 8.37. The van der Waals surface area contributed by atoms with Gasteiger partial charge in [0.2, 0.25) is 10.0 Å². The van der Waals surface area contributed by atoms with E-state index >= 15 is 0 Å². The Morgan fingerprint density at radius 2 is 1.78 bits per heavy atom. The molecule has 2 N–H and O–H groups in total. The summed E-state index contributed by atoms with van der Waals surface area (Å²) in [4.78, 5) is 0.257. The van der Waals surface area contributed by atoms with E-state index in [9.17, 15) is 8.42 Å². The van der Waals surface area contributed by atoms with Crippen LogP contribution in [0.25, 0.3) is 0 Å². The maximum atomic E-state index is 12.3. The normalized spacial score (nSPS) is 18.4. The van der Waals surface area contributed by atoms with Crippen LogP contribution in [0.5, 0.6) is 0 Å². The number of anilines is 1. The second-order valence-electron chi connectivity index (χ2n) is 4.38. The van der Waals surface area contributed by atoms with Gasteiger partial charge in [0.25, 0.3) is 0 Å². The lowest BCUT2D eigenvalue weighted by Gasteiger charge is -2.28. The number of nitrogen functional groups attached to an aromatic ring is 1. The summed E-state index contributed by atoms with van der Waals surface area (Å²) in [5.74, 6) is -0.0251. The van der Waals surface area contributed by atoms with Crippen LogP contribution in [0.2, 0.25) is 0 Å². The van der Waals surface area contributed by atoms with Crippen molar-refractivity contribution in [2.24, 2.45) is 5.92 Å². The number of sulfonamides is 1. The summed E-state index contributed by atoms with van der Waals surface area (Å²) < 4.78 is 26.0. The predicted molar refractivity (Wildman–Crippen MR) is 68.0 cm³/mol. The van der Waals surface area contributed by atoms with Crippen molar-refractivity contribution >= 4 is 15.7 Å². The molecular weight excluding hydrogens is 250 g/mol. The highest BCUT2D eigenvalue weighted by atomic mass is 32.2. The first kappa shape index (κ1) is 12.9. The van der Waals surface area contributed by atoms with Crippen molar-refractivity contribution in [3.8, 4) is 6.07 Å². The van der Waals surface area contributed by atoms with E-state index < -0.39 is 10.0 Å². The van der Waals surface area contributed by atoms with Crippen molar-refractivity contribution in [2.75, 3.05) is 18.8 Å². The van der Waals surface area contributed by atoms with E-state index in [0.717, 1.165) is 0 Å². The second-order valence-corrected chi connectivity index (χ2v) is 6.31. The van der Waals surface area contributed by atoms with Gasteiger partial charge in [0.05, 0.1) is 11.0 Å². The molecular formula is C12H15N3O2S. The summed E-state index contributed by atoms with van der Waals surface area (Å²) in [5.41, 5.74) is 6.08. The molecule has 5 nitrogen and oxygen atoms in total. The SMILES string of the molecule is N#CC1CCN(S(=O)(=O)c2ccc(N)cc2)CC1. The Kier molecular flexibility index (Phi) is 3.55. The van der Waals surface area contributed by atoms with Crippen molar-refractivity contribution in [3.63, 3.8) is 0 Å². The average molecular weight is 265 g/mol. The van der Waals surface area contributed by atoms with Crippen molar-refractivity contribution in [2.45, 2.75) is 17.7 Å². The molecule has 1 saturated heterocycles. The first-order valence-electron chi connectivity index (χ1n) is 5.79. The number of nitriles is 1. The Balaban J connectivity index is 2.18. The first-order valence-corrected chi connectivity index (χ1v) is 7.23. The zero-order valence-corrected chi connectivity index (χ0v) is 10.7. The monoisotopic (exact) mass is 265 g/mol. The van der Waals surface area contributed by atoms with Crippen LogP contribution in [0, 0.1) is 17.2 Å². The van der Waals surface area contributed by atoms with Crippen molar-refractivity contribution in [1.29, 1.82) is 5.26 Å². The van der Waals surface area contributed by atoms with E-state index in [1.54, 1.807) is 12.1 Å². The van der Waals surface area contributed by atoms with Crippen LogP contribution >= 0.6 is 0 Å². The molecule has 96 valence electrons. The number of piperidine rings is 1. The van der Waals surface area contributed by atoms with Crippen molar-refractivity contribution in [3.05, 3.63) is 24.3 Å². The van der Waals surface area contributed by atoms with E-state index in [1.807, 2.05) is 0 Å². The highest BCUT2D eigenvalue weighted by Gasteiger charge is 2.29. The van der Waals surface area contributed by atoms with Crippen LogP contribution in [0.1, 0.15) is 12.8 Å².